The van der Waals surface area contributed by atoms with Crippen LogP contribution in [0, 0.1) is 12.8 Å². The van der Waals surface area contributed by atoms with Crippen molar-refractivity contribution in [3.63, 3.8) is 0 Å². The average Bonchev–Trinajstić information content (AvgIpc) is 3.60. The van der Waals surface area contributed by atoms with Gasteiger partial charge < -0.3 is 15.0 Å². The van der Waals surface area contributed by atoms with Gasteiger partial charge in [-0.3, -0.25) is 4.90 Å². The minimum atomic E-state index is -0.0505. The molecule has 0 unspecified atom stereocenters. The lowest BCUT2D eigenvalue weighted by molar-refractivity contribution is 0.229. The Labute approximate surface area is 193 Å². The number of ether oxygens (including phenoxy) is 1. The van der Waals surface area contributed by atoms with Crippen LogP contribution in [0.4, 0.5) is 16.7 Å². The summed E-state index contributed by atoms with van der Waals surface area (Å²) in [5.41, 5.74) is 1.07. The summed E-state index contributed by atoms with van der Waals surface area (Å²) in [6.07, 6.45) is 2.30. The summed E-state index contributed by atoms with van der Waals surface area (Å²) in [6.45, 7) is 4.59. The molecule has 5 rings (SSSR count). The van der Waals surface area contributed by atoms with Crippen LogP contribution in [0.2, 0.25) is 0 Å². The molecule has 1 N–H and O–H groups in total. The Kier molecular flexibility index (Phi) is 5.58. The number of anilines is 2. The number of benzene rings is 2. The van der Waals surface area contributed by atoms with Gasteiger partial charge in [0.25, 0.3) is 0 Å². The molecular weight excluding hydrogens is 416 g/mol. The van der Waals surface area contributed by atoms with Gasteiger partial charge in [0.2, 0.25) is 11.9 Å². The summed E-state index contributed by atoms with van der Waals surface area (Å²) in [7, 11) is 1.83. The van der Waals surface area contributed by atoms with Crippen LogP contribution in [-0.4, -0.2) is 45.5 Å². The summed E-state index contributed by atoms with van der Waals surface area (Å²) in [6, 6.07) is 17.7. The molecular formula is C25H28N6O2. The van der Waals surface area contributed by atoms with Gasteiger partial charge in [0, 0.05) is 13.6 Å². The zero-order valence-electron chi connectivity index (χ0n) is 19.1. The first-order valence-electron chi connectivity index (χ1n) is 11.3. The maximum atomic E-state index is 12.8. The van der Waals surface area contributed by atoms with E-state index in [1.807, 2.05) is 75.5 Å². The molecule has 0 spiro atoms. The van der Waals surface area contributed by atoms with Crippen molar-refractivity contribution in [2.75, 3.05) is 23.8 Å². The number of amides is 2. The van der Waals surface area contributed by atoms with Crippen LogP contribution in [0.3, 0.4) is 0 Å². The molecule has 2 amide bonds. The molecule has 33 heavy (non-hydrogen) atoms. The first-order chi connectivity index (χ1) is 16.0. The van der Waals surface area contributed by atoms with Crippen LogP contribution in [0.5, 0.6) is 11.5 Å². The van der Waals surface area contributed by atoms with E-state index in [0.717, 1.165) is 29.9 Å². The number of carbonyl (C=O) groups excluding carboxylic acids is 1. The van der Waals surface area contributed by atoms with Gasteiger partial charge in [-0.15, -0.1) is 0 Å². The quantitative estimate of drug-likeness (QED) is 0.564. The van der Waals surface area contributed by atoms with Crippen molar-refractivity contribution in [1.29, 1.82) is 0 Å². The molecule has 1 aromatic heterocycles. The molecule has 2 fully saturated rings. The van der Waals surface area contributed by atoms with Crippen LogP contribution in [0.25, 0.3) is 0 Å². The SMILES string of the molecule is Cc1nc(N[C@@H](C)c2ccc(Oc3ccccc3)cc2)nc(N2C(=O)N(C)C[C@@H]2C2CC2)n1. The highest BCUT2D eigenvalue weighted by Crippen LogP contribution is 2.39. The van der Waals surface area contributed by atoms with Crippen molar-refractivity contribution in [3.8, 4) is 11.5 Å². The Morgan fingerprint density at radius 3 is 2.39 bits per heavy atom. The molecule has 2 aromatic carbocycles. The number of hydrogen-bond acceptors (Lipinski definition) is 6. The predicted molar refractivity (Wildman–Crippen MR) is 127 cm³/mol. The van der Waals surface area contributed by atoms with Crippen LogP contribution in [0.1, 0.15) is 37.2 Å². The molecule has 0 radical (unpaired) electrons. The smallest absolute Gasteiger partial charge is 0.327 e. The molecule has 1 aliphatic heterocycles. The van der Waals surface area contributed by atoms with E-state index in [2.05, 4.69) is 20.3 Å². The highest BCUT2D eigenvalue weighted by Gasteiger charge is 2.46. The van der Waals surface area contributed by atoms with Gasteiger partial charge in [0.15, 0.2) is 0 Å². The van der Waals surface area contributed by atoms with E-state index in [4.69, 9.17) is 4.74 Å². The number of rotatable bonds is 7. The Bertz CT molecular complexity index is 1130. The third-order valence-corrected chi connectivity index (χ3v) is 6.15. The fourth-order valence-electron chi connectivity index (χ4n) is 4.21. The molecule has 170 valence electrons. The lowest BCUT2D eigenvalue weighted by Crippen LogP contribution is -2.37. The number of nitrogens with zero attached hydrogens (tertiary/aromatic N) is 5. The van der Waals surface area contributed by atoms with E-state index in [0.29, 0.717) is 30.2 Å². The number of carbonyl (C=O) groups is 1. The topological polar surface area (TPSA) is 83.5 Å². The molecule has 3 aromatic rings. The van der Waals surface area contributed by atoms with Gasteiger partial charge >= 0.3 is 6.03 Å². The molecule has 2 atom stereocenters. The van der Waals surface area contributed by atoms with Crippen molar-refractivity contribution in [2.45, 2.75) is 38.8 Å². The number of urea groups is 1. The van der Waals surface area contributed by atoms with E-state index >= 15 is 0 Å². The zero-order chi connectivity index (χ0) is 22.9. The molecule has 2 aliphatic rings. The molecule has 8 nitrogen and oxygen atoms in total. The highest BCUT2D eigenvalue weighted by molar-refractivity contribution is 5.93. The fraction of sp³-hybridized carbons (Fsp3) is 0.360. The fourth-order valence-corrected chi connectivity index (χ4v) is 4.21. The lowest BCUT2D eigenvalue weighted by atomic mass is 10.1. The van der Waals surface area contributed by atoms with Crippen LogP contribution in [0.15, 0.2) is 54.6 Å². The van der Waals surface area contributed by atoms with Gasteiger partial charge in [-0.05, 0) is 62.4 Å². The van der Waals surface area contributed by atoms with E-state index in [9.17, 15) is 4.79 Å². The Morgan fingerprint density at radius 1 is 1.00 bits per heavy atom. The molecule has 1 aliphatic carbocycles. The summed E-state index contributed by atoms with van der Waals surface area (Å²) < 4.78 is 5.88. The molecule has 1 saturated heterocycles. The lowest BCUT2D eigenvalue weighted by Gasteiger charge is -2.22. The zero-order valence-corrected chi connectivity index (χ0v) is 19.1. The maximum absolute atomic E-state index is 12.8. The molecule has 0 bridgehead atoms. The Hall–Kier alpha value is -3.68. The second-order valence-electron chi connectivity index (χ2n) is 8.79. The molecule has 2 heterocycles. The van der Waals surface area contributed by atoms with E-state index in [1.54, 1.807) is 9.80 Å². The monoisotopic (exact) mass is 444 g/mol. The number of aromatic nitrogens is 3. The average molecular weight is 445 g/mol. The minimum Gasteiger partial charge on any atom is -0.457 e. The summed E-state index contributed by atoms with van der Waals surface area (Å²) >= 11 is 0. The number of likely N-dealkylation sites (N-methyl/N-ethyl adjacent to an activating group) is 1. The van der Waals surface area contributed by atoms with E-state index in [-0.39, 0.29) is 18.1 Å². The van der Waals surface area contributed by atoms with E-state index in [1.165, 1.54) is 0 Å². The van der Waals surface area contributed by atoms with Crippen LogP contribution >= 0.6 is 0 Å². The maximum Gasteiger partial charge on any atom is 0.327 e. The number of nitrogens with one attached hydrogen (secondary N) is 1. The molecule has 8 heteroatoms. The van der Waals surface area contributed by atoms with E-state index < -0.39 is 0 Å². The van der Waals surface area contributed by atoms with Crippen molar-refractivity contribution < 1.29 is 9.53 Å². The largest absolute Gasteiger partial charge is 0.457 e. The Morgan fingerprint density at radius 2 is 1.70 bits per heavy atom. The first kappa shape index (κ1) is 21.2. The van der Waals surface area contributed by atoms with Gasteiger partial charge in [0.05, 0.1) is 12.1 Å². The second kappa shape index (κ2) is 8.69. The predicted octanol–water partition coefficient (Wildman–Crippen LogP) is 4.80. The highest BCUT2D eigenvalue weighted by atomic mass is 16.5. The third-order valence-electron chi connectivity index (χ3n) is 6.15. The number of hydrogen-bond donors (Lipinski definition) is 1. The minimum absolute atomic E-state index is 0.0402. The van der Waals surface area contributed by atoms with Crippen molar-refractivity contribution in [2.24, 2.45) is 5.92 Å². The molecule has 1 saturated carbocycles. The Balaban J connectivity index is 1.31. The van der Waals surface area contributed by atoms with Crippen molar-refractivity contribution in [3.05, 3.63) is 66.0 Å². The summed E-state index contributed by atoms with van der Waals surface area (Å²) in [5.74, 6) is 3.58. The van der Waals surface area contributed by atoms with Gasteiger partial charge in [-0.2, -0.15) is 15.0 Å². The van der Waals surface area contributed by atoms with Crippen LogP contribution < -0.4 is 15.0 Å². The van der Waals surface area contributed by atoms with Gasteiger partial charge in [-0.25, -0.2) is 4.79 Å². The normalized spacial score (nSPS) is 19.0. The number of aryl methyl sites for hydroxylation is 1. The standard InChI is InChI=1S/C25H28N6O2/c1-16(18-11-13-21(14-12-18)33-20-7-5-4-6-8-20)26-23-27-17(2)28-24(29-23)31-22(19-9-10-19)15-30(3)25(31)32/h4-8,11-14,16,19,22H,9-10,15H2,1-3H3,(H,26,27,28,29)/t16-,22+/m0/s1. The van der Waals surface area contributed by atoms with Crippen molar-refractivity contribution >= 4 is 17.9 Å². The summed E-state index contributed by atoms with van der Waals surface area (Å²) in [4.78, 5) is 29.9. The van der Waals surface area contributed by atoms with Gasteiger partial charge in [-0.1, -0.05) is 30.3 Å². The third kappa shape index (κ3) is 4.60. The second-order valence-corrected chi connectivity index (χ2v) is 8.79. The summed E-state index contributed by atoms with van der Waals surface area (Å²) in [5, 5.41) is 3.36. The number of para-hydroxylation sites is 1. The van der Waals surface area contributed by atoms with Crippen LogP contribution in [-0.2, 0) is 0 Å². The van der Waals surface area contributed by atoms with Crippen molar-refractivity contribution in [1.82, 2.24) is 19.9 Å². The first-order valence-corrected chi connectivity index (χ1v) is 11.3. The van der Waals surface area contributed by atoms with Gasteiger partial charge in [0.1, 0.15) is 17.3 Å².